The molecule has 6 nitrogen and oxygen atoms in total. The molecular weight excluding hydrogens is 334 g/mol. The first-order valence-corrected chi connectivity index (χ1v) is 8.64. The van der Waals surface area contributed by atoms with Crippen molar-refractivity contribution in [3.05, 3.63) is 41.1 Å². The summed E-state index contributed by atoms with van der Waals surface area (Å²) >= 11 is 7.49. The first-order chi connectivity index (χ1) is 11.2. The van der Waals surface area contributed by atoms with Gasteiger partial charge in [0.25, 0.3) is 0 Å². The Labute approximate surface area is 143 Å². The van der Waals surface area contributed by atoms with Crippen LogP contribution < -0.4 is 0 Å². The van der Waals surface area contributed by atoms with Gasteiger partial charge in [-0.05, 0) is 30.7 Å². The quantitative estimate of drug-likeness (QED) is 0.626. The molecule has 0 spiro atoms. The summed E-state index contributed by atoms with van der Waals surface area (Å²) in [5.74, 6) is 2.57. The molecule has 23 heavy (non-hydrogen) atoms. The number of aryl methyl sites for hydroxylation is 1. The summed E-state index contributed by atoms with van der Waals surface area (Å²) < 4.78 is 7.50. The van der Waals surface area contributed by atoms with Crippen LogP contribution in [0.4, 0.5) is 0 Å². The van der Waals surface area contributed by atoms with Crippen LogP contribution in [-0.4, -0.2) is 25.0 Å². The van der Waals surface area contributed by atoms with E-state index in [1.54, 1.807) is 6.92 Å². The molecular formula is C15H16ClN5OS. The summed E-state index contributed by atoms with van der Waals surface area (Å²) in [6.45, 7) is 4.75. The summed E-state index contributed by atoms with van der Waals surface area (Å²) in [5, 5.41) is 18.0. The number of hydrogen-bond donors (Lipinski definition) is 0. The first-order valence-electron chi connectivity index (χ1n) is 7.28. The predicted molar refractivity (Wildman–Crippen MR) is 89.4 cm³/mol. The van der Waals surface area contributed by atoms with Crippen molar-refractivity contribution >= 4 is 23.4 Å². The van der Waals surface area contributed by atoms with Crippen LogP contribution in [0.25, 0.3) is 11.4 Å². The third-order valence-corrected chi connectivity index (χ3v) is 4.36. The lowest BCUT2D eigenvalue weighted by atomic mass is 10.2. The van der Waals surface area contributed by atoms with Gasteiger partial charge in [-0.2, -0.15) is 0 Å². The van der Waals surface area contributed by atoms with E-state index in [1.165, 1.54) is 11.8 Å². The van der Waals surface area contributed by atoms with E-state index >= 15 is 0 Å². The fraction of sp³-hybridized carbons (Fsp3) is 0.333. The molecule has 0 saturated carbocycles. The van der Waals surface area contributed by atoms with Crippen molar-refractivity contribution in [3.63, 3.8) is 0 Å². The van der Waals surface area contributed by atoms with Gasteiger partial charge in [-0.25, -0.2) is 0 Å². The van der Waals surface area contributed by atoms with Crippen LogP contribution in [-0.2, 0) is 12.3 Å². The lowest BCUT2D eigenvalue weighted by Crippen LogP contribution is -2.02. The molecule has 120 valence electrons. The zero-order chi connectivity index (χ0) is 16.2. The molecule has 0 fully saturated rings. The van der Waals surface area contributed by atoms with Gasteiger partial charge < -0.3 is 8.98 Å². The third kappa shape index (κ3) is 3.73. The minimum atomic E-state index is 0.567. The molecule has 2 aromatic heterocycles. The predicted octanol–water partition coefficient (Wildman–Crippen LogP) is 3.99. The van der Waals surface area contributed by atoms with Crippen LogP contribution in [0.3, 0.4) is 0 Å². The Bertz CT molecular complexity index is 784. The standard InChI is InChI=1S/C15H16ClN5OS/c1-3-8-21-14(11-4-6-12(16)7-5-11)19-20-15(21)23-9-13-18-17-10(2)22-13/h4-7H,3,8-9H2,1-2H3. The fourth-order valence-corrected chi connectivity index (χ4v) is 3.08. The SMILES string of the molecule is CCCn1c(SCc2nnc(C)o2)nnc1-c1ccc(Cl)cc1. The lowest BCUT2D eigenvalue weighted by Gasteiger charge is -2.08. The maximum atomic E-state index is 5.95. The minimum Gasteiger partial charge on any atom is -0.425 e. The maximum absolute atomic E-state index is 5.95. The molecule has 0 aliphatic carbocycles. The number of halogens is 1. The van der Waals surface area contributed by atoms with Gasteiger partial charge in [0.05, 0.1) is 5.75 Å². The molecule has 0 unspecified atom stereocenters. The van der Waals surface area contributed by atoms with E-state index in [-0.39, 0.29) is 0 Å². The molecule has 0 radical (unpaired) electrons. The monoisotopic (exact) mass is 349 g/mol. The Balaban J connectivity index is 1.84. The zero-order valence-electron chi connectivity index (χ0n) is 12.9. The van der Waals surface area contributed by atoms with Gasteiger partial charge in [0, 0.05) is 24.1 Å². The van der Waals surface area contributed by atoms with E-state index in [0.717, 1.165) is 29.5 Å². The first kappa shape index (κ1) is 16.0. The highest BCUT2D eigenvalue weighted by molar-refractivity contribution is 7.98. The van der Waals surface area contributed by atoms with Crippen LogP contribution in [0.15, 0.2) is 33.8 Å². The zero-order valence-corrected chi connectivity index (χ0v) is 14.4. The number of nitrogens with zero attached hydrogens (tertiary/aromatic N) is 5. The van der Waals surface area contributed by atoms with E-state index in [0.29, 0.717) is 22.6 Å². The summed E-state index contributed by atoms with van der Waals surface area (Å²) in [5.41, 5.74) is 0.996. The van der Waals surface area contributed by atoms with Crippen molar-refractivity contribution in [1.82, 2.24) is 25.0 Å². The van der Waals surface area contributed by atoms with Crippen LogP contribution in [0.2, 0.25) is 5.02 Å². The van der Waals surface area contributed by atoms with Gasteiger partial charge in [0.1, 0.15) is 0 Å². The molecule has 8 heteroatoms. The largest absolute Gasteiger partial charge is 0.425 e. The number of rotatable bonds is 6. The Morgan fingerprint density at radius 1 is 1.13 bits per heavy atom. The van der Waals surface area contributed by atoms with E-state index in [2.05, 4.69) is 31.9 Å². The van der Waals surface area contributed by atoms with Gasteiger partial charge in [0.2, 0.25) is 11.8 Å². The highest BCUT2D eigenvalue weighted by Gasteiger charge is 2.15. The van der Waals surface area contributed by atoms with Gasteiger partial charge >= 0.3 is 0 Å². The maximum Gasteiger partial charge on any atom is 0.226 e. The highest BCUT2D eigenvalue weighted by atomic mass is 35.5. The van der Waals surface area contributed by atoms with Gasteiger partial charge in [-0.1, -0.05) is 30.3 Å². The number of hydrogen-bond acceptors (Lipinski definition) is 6. The molecule has 0 atom stereocenters. The van der Waals surface area contributed by atoms with Crippen LogP contribution >= 0.6 is 23.4 Å². The van der Waals surface area contributed by atoms with Crippen LogP contribution in [0.1, 0.15) is 25.1 Å². The van der Waals surface area contributed by atoms with E-state index < -0.39 is 0 Å². The average molecular weight is 350 g/mol. The molecule has 0 amide bonds. The van der Waals surface area contributed by atoms with Gasteiger partial charge in [0.15, 0.2) is 11.0 Å². The molecule has 2 heterocycles. The summed E-state index contributed by atoms with van der Waals surface area (Å²) in [6.07, 6.45) is 0.992. The van der Waals surface area contributed by atoms with E-state index in [9.17, 15) is 0 Å². The van der Waals surface area contributed by atoms with E-state index in [4.69, 9.17) is 16.0 Å². The van der Waals surface area contributed by atoms with Crippen molar-refractivity contribution in [3.8, 4) is 11.4 Å². The second-order valence-electron chi connectivity index (χ2n) is 4.97. The number of aromatic nitrogens is 5. The third-order valence-electron chi connectivity index (χ3n) is 3.16. The smallest absolute Gasteiger partial charge is 0.226 e. The normalized spacial score (nSPS) is 11.1. The number of thioether (sulfide) groups is 1. The molecule has 0 bridgehead atoms. The summed E-state index contributed by atoms with van der Waals surface area (Å²) in [6, 6.07) is 7.62. The van der Waals surface area contributed by atoms with Crippen molar-refractivity contribution in [1.29, 1.82) is 0 Å². The van der Waals surface area contributed by atoms with Crippen molar-refractivity contribution in [2.24, 2.45) is 0 Å². The molecule has 3 aromatic rings. The Morgan fingerprint density at radius 3 is 2.57 bits per heavy atom. The van der Waals surface area contributed by atoms with Crippen molar-refractivity contribution in [2.45, 2.75) is 37.7 Å². The number of benzene rings is 1. The Morgan fingerprint density at radius 2 is 1.91 bits per heavy atom. The van der Waals surface area contributed by atoms with Crippen LogP contribution in [0, 0.1) is 6.92 Å². The molecule has 3 rings (SSSR count). The van der Waals surface area contributed by atoms with Crippen molar-refractivity contribution in [2.75, 3.05) is 0 Å². The van der Waals surface area contributed by atoms with E-state index in [1.807, 2.05) is 24.3 Å². The molecule has 0 saturated heterocycles. The van der Waals surface area contributed by atoms with Gasteiger partial charge in [-0.15, -0.1) is 20.4 Å². The Kier molecular flexibility index (Phi) is 4.97. The average Bonchev–Trinajstić information content (AvgIpc) is 3.13. The Hall–Kier alpha value is -1.86. The lowest BCUT2D eigenvalue weighted by molar-refractivity contribution is 0.485. The fourth-order valence-electron chi connectivity index (χ4n) is 2.16. The minimum absolute atomic E-state index is 0.567. The highest BCUT2D eigenvalue weighted by Crippen LogP contribution is 2.27. The molecule has 1 aromatic carbocycles. The van der Waals surface area contributed by atoms with Crippen molar-refractivity contribution < 1.29 is 4.42 Å². The molecule has 0 N–H and O–H groups in total. The summed E-state index contributed by atoms with van der Waals surface area (Å²) in [7, 11) is 0. The molecule has 0 aliphatic rings. The summed E-state index contributed by atoms with van der Waals surface area (Å²) in [4.78, 5) is 0. The molecule has 0 aliphatic heterocycles. The van der Waals surface area contributed by atoms with Gasteiger partial charge in [-0.3, -0.25) is 0 Å². The van der Waals surface area contributed by atoms with Crippen LogP contribution in [0.5, 0.6) is 0 Å². The topological polar surface area (TPSA) is 69.6 Å². The second kappa shape index (κ2) is 7.14. The second-order valence-corrected chi connectivity index (χ2v) is 6.35.